The Hall–Kier alpha value is -1.44. The normalized spacial score (nSPS) is 15.1. The Balaban J connectivity index is 2.49. The summed E-state index contributed by atoms with van der Waals surface area (Å²) in [4.78, 5) is 22.5. The maximum atomic E-state index is 11.5. The highest BCUT2D eigenvalue weighted by Crippen LogP contribution is 2.22. The van der Waals surface area contributed by atoms with E-state index in [0.717, 1.165) is 24.0 Å². The molecule has 0 bridgehead atoms. The molecule has 0 aromatic heterocycles. The lowest BCUT2D eigenvalue weighted by molar-refractivity contribution is 0.0970. The highest BCUT2D eigenvalue weighted by atomic mass is 16.1. The first-order chi connectivity index (χ1) is 6.68. The number of hydrogen-bond donors (Lipinski definition) is 0. The van der Waals surface area contributed by atoms with Gasteiger partial charge in [-0.2, -0.15) is 0 Å². The highest BCUT2D eigenvalue weighted by Gasteiger charge is 2.17. The highest BCUT2D eigenvalue weighted by molar-refractivity contribution is 6.02. The number of rotatable bonds is 1. The minimum Gasteiger partial charge on any atom is -0.294 e. The Bertz CT molecular complexity index is 405. The van der Waals surface area contributed by atoms with E-state index < -0.39 is 0 Å². The Morgan fingerprint density at radius 3 is 2.79 bits per heavy atom. The number of aryl methyl sites for hydroxylation is 1. The van der Waals surface area contributed by atoms with Crippen molar-refractivity contribution in [1.29, 1.82) is 0 Å². The number of carbonyl (C=O) groups is 2. The number of Topliss-reactive ketones (excluding diaryl/α,β-unsaturated/α-hetero) is 2. The molecule has 2 nitrogen and oxygen atoms in total. The second kappa shape index (κ2) is 3.37. The van der Waals surface area contributed by atoms with Crippen LogP contribution in [0.25, 0.3) is 0 Å². The molecular formula is C12H11O2. The third-order valence-electron chi connectivity index (χ3n) is 2.58. The van der Waals surface area contributed by atoms with Crippen molar-refractivity contribution in [3.8, 4) is 0 Å². The maximum Gasteiger partial charge on any atom is 0.163 e. The fraction of sp³-hybridized carbons (Fsp3) is 0.250. The molecule has 0 atom stereocenters. The summed E-state index contributed by atoms with van der Waals surface area (Å²) < 4.78 is 0. The molecule has 0 heterocycles. The molecule has 0 saturated heterocycles. The predicted octanol–water partition coefficient (Wildman–Crippen LogP) is 2.22. The molecule has 0 saturated carbocycles. The molecule has 0 fully saturated rings. The number of fused-ring (bicyclic) bond motifs is 1. The molecule has 0 unspecified atom stereocenters. The van der Waals surface area contributed by atoms with E-state index in [2.05, 4.69) is 6.92 Å². The quantitative estimate of drug-likeness (QED) is 0.632. The van der Waals surface area contributed by atoms with E-state index in [1.165, 1.54) is 0 Å². The van der Waals surface area contributed by atoms with Crippen LogP contribution in [0.4, 0.5) is 0 Å². The molecular weight excluding hydrogens is 176 g/mol. The van der Waals surface area contributed by atoms with Gasteiger partial charge in [-0.3, -0.25) is 9.59 Å². The predicted molar refractivity (Wildman–Crippen MR) is 53.4 cm³/mol. The van der Waals surface area contributed by atoms with E-state index in [9.17, 15) is 9.59 Å². The van der Waals surface area contributed by atoms with Crippen LogP contribution in [-0.4, -0.2) is 11.6 Å². The van der Waals surface area contributed by atoms with Crippen molar-refractivity contribution in [2.24, 2.45) is 0 Å². The molecule has 0 amide bonds. The van der Waals surface area contributed by atoms with Crippen LogP contribution in [0, 0.1) is 6.92 Å². The van der Waals surface area contributed by atoms with Gasteiger partial charge in [0, 0.05) is 24.5 Å². The molecule has 2 heteroatoms. The SMILES string of the molecule is [CH2]C(=O)c1ccc2c(c1)CCCC2=O. The number of ketones is 2. The lowest BCUT2D eigenvalue weighted by Gasteiger charge is -2.14. The Morgan fingerprint density at radius 2 is 2.07 bits per heavy atom. The smallest absolute Gasteiger partial charge is 0.163 e. The summed E-state index contributed by atoms with van der Waals surface area (Å²) >= 11 is 0. The molecule has 0 N–H and O–H groups in total. The van der Waals surface area contributed by atoms with Crippen LogP contribution in [0.15, 0.2) is 18.2 Å². The van der Waals surface area contributed by atoms with Crippen molar-refractivity contribution in [3.05, 3.63) is 41.8 Å². The summed E-state index contributed by atoms with van der Waals surface area (Å²) in [7, 11) is 0. The summed E-state index contributed by atoms with van der Waals surface area (Å²) in [5.74, 6) is 0.000124. The fourth-order valence-electron chi connectivity index (χ4n) is 1.82. The Kier molecular flexibility index (Phi) is 2.20. The van der Waals surface area contributed by atoms with Gasteiger partial charge in [0.05, 0.1) is 0 Å². The number of hydrogen-bond acceptors (Lipinski definition) is 2. The average molecular weight is 187 g/mol. The van der Waals surface area contributed by atoms with Gasteiger partial charge in [-0.05, 0) is 24.5 Å². The van der Waals surface area contributed by atoms with Gasteiger partial charge in [-0.1, -0.05) is 12.1 Å². The summed E-state index contributed by atoms with van der Waals surface area (Å²) in [5, 5.41) is 0. The largest absolute Gasteiger partial charge is 0.294 e. The topological polar surface area (TPSA) is 34.1 Å². The third-order valence-corrected chi connectivity index (χ3v) is 2.58. The van der Waals surface area contributed by atoms with Crippen molar-refractivity contribution in [3.63, 3.8) is 0 Å². The summed E-state index contributed by atoms with van der Waals surface area (Å²) in [6.07, 6.45) is 2.41. The van der Waals surface area contributed by atoms with Crippen molar-refractivity contribution >= 4 is 11.6 Å². The number of benzene rings is 1. The van der Waals surface area contributed by atoms with Crippen molar-refractivity contribution in [1.82, 2.24) is 0 Å². The van der Waals surface area contributed by atoms with E-state index in [1.807, 2.05) is 0 Å². The summed E-state index contributed by atoms with van der Waals surface area (Å²) in [6.45, 7) is 3.35. The van der Waals surface area contributed by atoms with Crippen LogP contribution >= 0.6 is 0 Å². The zero-order chi connectivity index (χ0) is 10.1. The third kappa shape index (κ3) is 1.48. The fourth-order valence-corrected chi connectivity index (χ4v) is 1.82. The van der Waals surface area contributed by atoms with Gasteiger partial charge in [0.1, 0.15) is 0 Å². The van der Waals surface area contributed by atoms with E-state index in [4.69, 9.17) is 0 Å². The van der Waals surface area contributed by atoms with Gasteiger partial charge in [0.25, 0.3) is 0 Å². The van der Waals surface area contributed by atoms with Crippen LogP contribution in [0.1, 0.15) is 39.1 Å². The van der Waals surface area contributed by atoms with E-state index >= 15 is 0 Å². The van der Waals surface area contributed by atoms with E-state index in [1.54, 1.807) is 18.2 Å². The van der Waals surface area contributed by atoms with Crippen LogP contribution in [-0.2, 0) is 6.42 Å². The minimum atomic E-state index is -0.189. The average Bonchev–Trinajstić information content (AvgIpc) is 2.17. The Labute approximate surface area is 82.9 Å². The maximum absolute atomic E-state index is 11.5. The lowest BCUT2D eigenvalue weighted by atomic mass is 9.89. The van der Waals surface area contributed by atoms with E-state index in [0.29, 0.717) is 12.0 Å². The lowest BCUT2D eigenvalue weighted by Crippen LogP contribution is -2.11. The summed E-state index contributed by atoms with van der Waals surface area (Å²) in [6, 6.07) is 5.22. The van der Waals surface area contributed by atoms with Gasteiger partial charge in [-0.15, -0.1) is 0 Å². The molecule has 71 valence electrons. The molecule has 2 rings (SSSR count). The number of carbonyl (C=O) groups excluding carboxylic acids is 2. The molecule has 1 aromatic carbocycles. The Morgan fingerprint density at radius 1 is 1.29 bits per heavy atom. The van der Waals surface area contributed by atoms with Crippen LogP contribution in [0.5, 0.6) is 0 Å². The van der Waals surface area contributed by atoms with Crippen LogP contribution < -0.4 is 0 Å². The van der Waals surface area contributed by atoms with Crippen molar-refractivity contribution in [2.45, 2.75) is 19.3 Å². The standard InChI is InChI=1S/C12H11O2/c1-8(13)9-5-6-11-10(7-9)3-2-4-12(11)14/h5-7H,1-4H2. The molecule has 1 aromatic rings. The molecule has 1 radical (unpaired) electrons. The first-order valence-corrected chi connectivity index (χ1v) is 4.71. The molecule has 0 spiro atoms. The zero-order valence-electron chi connectivity index (χ0n) is 7.88. The van der Waals surface area contributed by atoms with Crippen molar-refractivity contribution < 1.29 is 9.59 Å². The second-order valence-electron chi connectivity index (χ2n) is 3.57. The zero-order valence-corrected chi connectivity index (χ0v) is 7.88. The van der Waals surface area contributed by atoms with Gasteiger partial charge < -0.3 is 0 Å². The molecule has 1 aliphatic carbocycles. The summed E-state index contributed by atoms with van der Waals surface area (Å²) in [5.41, 5.74) is 2.37. The van der Waals surface area contributed by atoms with Gasteiger partial charge in [0.15, 0.2) is 11.6 Å². The minimum absolute atomic E-state index is 0.189. The van der Waals surface area contributed by atoms with Crippen LogP contribution in [0.2, 0.25) is 0 Å². The van der Waals surface area contributed by atoms with Gasteiger partial charge in [-0.25, -0.2) is 0 Å². The monoisotopic (exact) mass is 187 g/mol. The van der Waals surface area contributed by atoms with Crippen LogP contribution in [0.3, 0.4) is 0 Å². The van der Waals surface area contributed by atoms with Crippen molar-refractivity contribution in [2.75, 3.05) is 0 Å². The first-order valence-electron chi connectivity index (χ1n) is 4.71. The van der Waals surface area contributed by atoms with E-state index in [-0.39, 0.29) is 11.6 Å². The second-order valence-corrected chi connectivity index (χ2v) is 3.57. The first kappa shape index (κ1) is 9.13. The molecule has 1 aliphatic rings. The van der Waals surface area contributed by atoms with Gasteiger partial charge >= 0.3 is 0 Å². The van der Waals surface area contributed by atoms with Gasteiger partial charge in [0.2, 0.25) is 0 Å². The molecule has 0 aliphatic heterocycles. The molecule has 14 heavy (non-hydrogen) atoms.